The van der Waals surface area contributed by atoms with Crippen LogP contribution in [0.4, 0.5) is 5.82 Å². The van der Waals surface area contributed by atoms with Gasteiger partial charge in [0.2, 0.25) is 0 Å². The predicted molar refractivity (Wildman–Crippen MR) is 85.0 cm³/mol. The van der Waals surface area contributed by atoms with Gasteiger partial charge in [-0.15, -0.1) is 0 Å². The highest BCUT2D eigenvalue weighted by Gasteiger charge is 2.31. The van der Waals surface area contributed by atoms with Gasteiger partial charge in [-0.3, -0.25) is 4.79 Å². The predicted octanol–water partition coefficient (Wildman–Crippen LogP) is 3.73. The number of nitrogens with one attached hydrogen (secondary N) is 1. The molecular formula is C14H20ClN3OS. The zero-order valence-electron chi connectivity index (χ0n) is 11.9. The Labute approximate surface area is 129 Å². The fourth-order valence-electron chi connectivity index (χ4n) is 2.68. The maximum atomic E-state index is 11.2. The third-order valence-electron chi connectivity index (χ3n) is 3.90. The van der Waals surface area contributed by atoms with E-state index in [1.54, 1.807) is 6.92 Å². The first-order valence-electron chi connectivity index (χ1n) is 6.88. The summed E-state index contributed by atoms with van der Waals surface area (Å²) in [5, 5.41) is 3.54. The van der Waals surface area contributed by atoms with E-state index in [9.17, 15) is 4.79 Å². The number of aryl methyl sites for hydroxylation is 1. The molecule has 0 saturated heterocycles. The van der Waals surface area contributed by atoms with E-state index in [0.29, 0.717) is 17.2 Å². The van der Waals surface area contributed by atoms with Crippen LogP contribution >= 0.6 is 23.4 Å². The molecule has 0 aromatic carbocycles. The van der Waals surface area contributed by atoms with Crippen molar-refractivity contribution in [2.45, 2.75) is 43.8 Å². The number of nitrogens with zero attached hydrogens (tertiary/aromatic N) is 2. The molecule has 1 N–H and O–H groups in total. The van der Waals surface area contributed by atoms with E-state index in [2.05, 4.69) is 21.5 Å². The molecule has 1 aromatic rings. The van der Waals surface area contributed by atoms with Crippen molar-refractivity contribution in [1.29, 1.82) is 0 Å². The summed E-state index contributed by atoms with van der Waals surface area (Å²) < 4.78 is 0.240. The van der Waals surface area contributed by atoms with Gasteiger partial charge >= 0.3 is 0 Å². The number of carbonyl (C=O) groups excluding carboxylic acids is 1. The highest BCUT2D eigenvalue weighted by atomic mass is 35.5. The van der Waals surface area contributed by atoms with Crippen molar-refractivity contribution >= 4 is 35.5 Å². The van der Waals surface area contributed by atoms with Crippen LogP contribution in [0.25, 0.3) is 0 Å². The molecular weight excluding hydrogens is 294 g/mol. The summed E-state index contributed by atoms with van der Waals surface area (Å²) in [5.41, 5.74) is 0.351. The topological polar surface area (TPSA) is 54.9 Å². The molecule has 1 aromatic heterocycles. The molecule has 0 spiro atoms. The lowest BCUT2D eigenvalue weighted by molar-refractivity contribution is 0.112. The number of rotatable bonds is 5. The van der Waals surface area contributed by atoms with E-state index in [-0.39, 0.29) is 9.90 Å². The van der Waals surface area contributed by atoms with E-state index < -0.39 is 0 Å². The third kappa shape index (κ3) is 3.44. The third-order valence-corrected chi connectivity index (χ3v) is 5.61. The van der Waals surface area contributed by atoms with Crippen LogP contribution in [0.5, 0.6) is 0 Å². The molecule has 0 bridgehead atoms. The van der Waals surface area contributed by atoms with Crippen molar-refractivity contribution in [1.82, 2.24) is 9.97 Å². The number of halogens is 1. The molecule has 1 heterocycles. The quantitative estimate of drug-likeness (QED) is 0.663. The summed E-state index contributed by atoms with van der Waals surface area (Å²) >= 11 is 7.90. The Morgan fingerprint density at radius 1 is 1.35 bits per heavy atom. The molecule has 0 aliphatic heterocycles. The standard InChI is InChI=1S/C14H20ClN3OS/c1-10-17-12(15)11(8-19)13(18-10)16-9-14(20-2)6-4-3-5-7-14/h8H,3-7,9H2,1-2H3,(H,16,17,18). The van der Waals surface area contributed by atoms with E-state index >= 15 is 0 Å². The second-order valence-corrected chi connectivity index (χ2v) is 6.88. The summed E-state index contributed by atoms with van der Waals surface area (Å²) in [4.78, 5) is 19.5. The summed E-state index contributed by atoms with van der Waals surface area (Å²) in [7, 11) is 0. The average Bonchev–Trinajstić information content (AvgIpc) is 2.45. The van der Waals surface area contributed by atoms with Crippen LogP contribution in [0.3, 0.4) is 0 Å². The number of carbonyl (C=O) groups is 1. The largest absolute Gasteiger partial charge is 0.368 e. The Bertz CT molecular complexity index is 490. The Kier molecular flexibility index (Phi) is 5.27. The zero-order valence-corrected chi connectivity index (χ0v) is 13.5. The molecule has 6 heteroatoms. The van der Waals surface area contributed by atoms with Gasteiger partial charge in [-0.2, -0.15) is 11.8 Å². The molecule has 1 fully saturated rings. The lowest BCUT2D eigenvalue weighted by Gasteiger charge is -2.36. The number of hydrogen-bond donors (Lipinski definition) is 1. The molecule has 4 nitrogen and oxygen atoms in total. The van der Waals surface area contributed by atoms with E-state index in [4.69, 9.17) is 11.6 Å². The van der Waals surface area contributed by atoms with Crippen LogP contribution in [0.1, 0.15) is 48.3 Å². The van der Waals surface area contributed by atoms with Crippen LogP contribution < -0.4 is 5.32 Å². The number of hydrogen-bond acceptors (Lipinski definition) is 5. The van der Waals surface area contributed by atoms with Crippen LogP contribution in [-0.2, 0) is 0 Å². The first-order valence-corrected chi connectivity index (χ1v) is 8.49. The Morgan fingerprint density at radius 3 is 2.65 bits per heavy atom. The molecule has 110 valence electrons. The first-order chi connectivity index (χ1) is 9.60. The van der Waals surface area contributed by atoms with Gasteiger partial charge < -0.3 is 5.32 Å². The lowest BCUT2D eigenvalue weighted by atomic mass is 9.88. The van der Waals surface area contributed by atoms with Gasteiger partial charge in [0.15, 0.2) is 6.29 Å². The molecule has 20 heavy (non-hydrogen) atoms. The number of anilines is 1. The Balaban J connectivity index is 2.15. The van der Waals surface area contributed by atoms with Gasteiger partial charge in [0.25, 0.3) is 0 Å². The minimum Gasteiger partial charge on any atom is -0.368 e. The van der Waals surface area contributed by atoms with E-state index in [1.807, 2.05) is 11.8 Å². The number of aldehydes is 1. The SMILES string of the molecule is CSC1(CNc2nc(C)nc(Cl)c2C=O)CCCCC1. The first kappa shape index (κ1) is 15.6. The summed E-state index contributed by atoms with van der Waals surface area (Å²) in [6, 6.07) is 0. The normalized spacial score (nSPS) is 17.8. The van der Waals surface area contributed by atoms with Gasteiger partial charge in [0.1, 0.15) is 16.8 Å². The second kappa shape index (κ2) is 6.76. The molecule has 1 saturated carbocycles. The number of thioether (sulfide) groups is 1. The fourth-order valence-corrected chi connectivity index (χ4v) is 3.85. The smallest absolute Gasteiger partial charge is 0.156 e. The van der Waals surface area contributed by atoms with Crippen molar-refractivity contribution < 1.29 is 4.79 Å². The highest BCUT2D eigenvalue weighted by Crippen LogP contribution is 2.38. The highest BCUT2D eigenvalue weighted by molar-refractivity contribution is 8.00. The number of aromatic nitrogens is 2. The summed E-state index contributed by atoms with van der Waals surface area (Å²) in [6.07, 6.45) is 9.15. The Hall–Kier alpha value is -0.810. The molecule has 0 unspecified atom stereocenters. The second-order valence-electron chi connectivity index (χ2n) is 5.24. The van der Waals surface area contributed by atoms with Crippen molar-refractivity contribution in [3.63, 3.8) is 0 Å². The average molecular weight is 314 g/mol. The molecule has 0 amide bonds. The summed E-state index contributed by atoms with van der Waals surface area (Å²) in [5.74, 6) is 1.13. The monoisotopic (exact) mass is 313 g/mol. The van der Waals surface area contributed by atoms with Crippen molar-refractivity contribution in [2.24, 2.45) is 0 Å². The minimum absolute atomic E-state index is 0.219. The molecule has 0 atom stereocenters. The van der Waals surface area contributed by atoms with Crippen LogP contribution in [0.2, 0.25) is 5.15 Å². The Morgan fingerprint density at radius 2 is 2.05 bits per heavy atom. The van der Waals surface area contributed by atoms with Crippen LogP contribution in [-0.4, -0.2) is 33.8 Å². The van der Waals surface area contributed by atoms with Crippen molar-refractivity contribution in [3.05, 3.63) is 16.5 Å². The lowest BCUT2D eigenvalue weighted by Crippen LogP contribution is -2.36. The van der Waals surface area contributed by atoms with Gasteiger partial charge in [0, 0.05) is 11.3 Å². The van der Waals surface area contributed by atoms with Crippen LogP contribution in [0.15, 0.2) is 0 Å². The fraction of sp³-hybridized carbons (Fsp3) is 0.643. The minimum atomic E-state index is 0.219. The maximum Gasteiger partial charge on any atom is 0.156 e. The maximum absolute atomic E-state index is 11.2. The zero-order chi connectivity index (χ0) is 14.6. The van der Waals surface area contributed by atoms with Gasteiger partial charge in [-0.1, -0.05) is 30.9 Å². The van der Waals surface area contributed by atoms with E-state index in [1.165, 1.54) is 32.1 Å². The van der Waals surface area contributed by atoms with Gasteiger partial charge in [0.05, 0.1) is 5.56 Å². The van der Waals surface area contributed by atoms with Gasteiger partial charge in [-0.25, -0.2) is 9.97 Å². The van der Waals surface area contributed by atoms with Crippen molar-refractivity contribution in [3.8, 4) is 0 Å². The molecule has 1 aliphatic rings. The van der Waals surface area contributed by atoms with Gasteiger partial charge in [-0.05, 0) is 26.0 Å². The molecule has 2 rings (SSSR count). The molecule has 0 radical (unpaired) electrons. The van der Waals surface area contributed by atoms with Crippen molar-refractivity contribution in [2.75, 3.05) is 18.1 Å². The molecule has 1 aliphatic carbocycles. The van der Waals surface area contributed by atoms with Crippen LogP contribution in [0, 0.1) is 6.92 Å². The summed E-state index contributed by atoms with van der Waals surface area (Å²) in [6.45, 7) is 2.58. The van der Waals surface area contributed by atoms with E-state index in [0.717, 1.165) is 12.8 Å².